The van der Waals surface area contributed by atoms with Gasteiger partial charge in [0, 0.05) is 23.0 Å². The van der Waals surface area contributed by atoms with Crippen molar-refractivity contribution in [1.29, 1.82) is 0 Å². The van der Waals surface area contributed by atoms with Gasteiger partial charge in [-0.3, -0.25) is 4.40 Å². The molecule has 0 N–H and O–H groups in total. The van der Waals surface area contributed by atoms with Crippen molar-refractivity contribution in [3.8, 4) is 22.7 Å². The molecule has 3 heterocycles. The van der Waals surface area contributed by atoms with Gasteiger partial charge in [-0.25, -0.2) is 9.78 Å². The van der Waals surface area contributed by atoms with E-state index in [-0.39, 0.29) is 5.69 Å². The molecule has 0 bridgehead atoms. The number of hydrogen-bond donors (Lipinski definition) is 0. The van der Waals surface area contributed by atoms with Gasteiger partial charge in [0.2, 0.25) is 0 Å². The van der Waals surface area contributed by atoms with Gasteiger partial charge in [-0.15, -0.1) is 0 Å². The van der Waals surface area contributed by atoms with Crippen LogP contribution in [-0.4, -0.2) is 26.3 Å². The minimum Gasteiger partial charge on any atom is -0.495 e. The van der Waals surface area contributed by atoms with Crippen LogP contribution in [0.4, 0.5) is 0 Å². The Hall–Kier alpha value is -3.12. The number of pyridine rings is 1. The summed E-state index contributed by atoms with van der Waals surface area (Å²) in [5, 5.41) is 4.75. The van der Waals surface area contributed by atoms with Gasteiger partial charge < -0.3 is 4.74 Å². The van der Waals surface area contributed by atoms with E-state index in [1.807, 2.05) is 31.2 Å². The summed E-state index contributed by atoms with van der Waals surface area (Å²) in [6, 6.07) is 12.8. The molecule has 0 spiro atoms. The Morgan fingerprint density at radius 3 is 2.69 bits per heavy atom. The summed E-state index contributed by atoms with van der Waals surface area (Å²) in [7, 11) is 1.57. The first kappa shape index (κ1) is 16.4. The summed E-state index contributed by atoms with van der Waals surface area (Å²) in [6.07, 6.45) is 3.26. The van der Waals surface area contributed by atoms with Crippen molar-refractivity contribution in [3.63, 3.8) is 0 Å². The smallest absolute Gasteiger partial charge is 0.355 e. The van der Waals surface area contributed by atoms with Gasteiger partial charge in [0.05, 0.1) is 23.8 Å². The first-order valence-electron chi connectivity index (χ1n) is 7.96. The molecule has 0 aliphatic heterocycles. The van der Waals surface area contributed by atoms with E-state index in [0.717, 1.165) is 16.8 Å². The lowest BCUT2D eigenvalue weighted by Crippen LogP contribution is -2.28. The molecule has 1 aromatic carbocycles. The molecule has 0 amide bonds. The van der Waals surface area contributed by atoms with Crippen LogP contribution < -0.4 is 10.4 Å². The molecule has 0 aliphatic carbocycles. The number of methoxy groups -OCH3 is 1. The van der Waals surface area contributed by atoms with Crippen LogP contribution in [0.1, 0.15) is 5.69 Å². The van der Waals surface area contributed by atoms with Crippen molar-refractivity contribution in [3.05, 3.63) is 76.1 Å². The highest BCUT2D eigenvalue weighted by molar-refractivity contribution is 6.34. The summed E-state index contributed by atoms with van der Waals surface area (Å²) in [6.45, 7) is 1.88. The predicted molar refractivity (Wildman–Crippen MR) is 100 cm³/mol. The highest BCUT2D eigenvalue weighted by Crippen LogP contribution is 2.37. The van der Waals surface area contributed by atoms with E-state index in [9.17, 15) is 4.79 Å². The quantitative estimate of drug-likeness (QED) is 0.556. The van der Waals surface area contributed by atoms with Crippen molar-refractivity contribution in [2.24, 2.45) is 0 Å². The average molecular weight is 367 g/mol. The normalized spacial score (nSPS) is 11.0. The monoisotopic (exact) mass is 366 g/mol. The van der Waals surface area contributed by atoms with Crippen LogP contribution in [-0.2, 0) is 0 Å². The SMILES string of the molecule is COc1cccc(-c2cc3cnn(-c4ccccn4)c(=O)n3c2C)c1Cl. The van der Waals surface area contributed by atoms with Crippen LogP contribution in [0.15, 0.2) is 59.7 Å². The van der Waals surface area contributed by atoms with Crippen molar-refractivity contribution in [1.82, 2.24) is 19.2 Å². The first-order chi connectivity index (χ1) is 12.6. The summed E-state index contributed by atoms with van der Waals surface area (Å²) < 4.78 is 8.18. The Labute approximate surface area is 154 Å². The van der Waals surface area contributed by atoms with Crippen LogP contribution >= 0.6 is 11.6 Å². The molecule has 0 aliphatic rings. The molecule has 0 radical (unpaired) electrons. The van der Waals surface area contributed by atoms with Gasteiger partial charge in [0.1, 0.15) is 5.75 Å². The second-order valence-corrected chi connectivity index (χ2v) is 6.13. The molecule has 7 heteroatoms. The van der Waals surface area contributed by atoms with Crippen LogP contribution in [0.25, 0.3) is 22.5 Å². The van der Waals surface area contributed by atoms with Gasteiger partial charge in [-0.1, -0.05) is 29.8 Å². The van der Waals surface area contributed by atoms with E-state index >= 15 is 0 Å². The zero-order chi connectivity index (χ0) is 18.3. The van der Waals surface area contributed by atoms with Crippen molar-refractivity contribution < 1.29 is 4.74 Å². The maximum Gasteiger partial charge on any atom is 0.355 e. The third-order valence-corrected chi connectivity index (χ3v) is 4.68. The summed E-state index contributed by atoms with van der Waals surface area (Å²) in [5.74, 6) is 1.05. The zero-order valence-electron chi connectivity index (χ0n) is 14.2. The number of ether oxygens (including phenoxy) is 1. The Morgan fingerprint density at radius 1 is 1.12 bits per heavy atom. The molecule has 0 atom stereocenters. The lowest BCUT2D eigenvalue weighted by Gasteiger charge is -2.08. The van der Waals surface area contributed by atoms with E-state index in [0.29, 0.717) is 22.1 Å². The molecule has 6 nitrogen and oxygen atoms in total. The average Bonchev–Trinajstić information content (AvgIpc) is 3.00. The molecule has 26 heavy (non-hydrogen) atoms. The standard InChI is InChI=1S/C19H15ClN4O2/c1-12-15(14-6-5-7-16(26-2)18(14)20)10-13-11-22-24(19(25)23(12)13)17-8-3-4-9-21-17/h3-11H,1-2H3. The van der Waals surface area contributed by atoms with Crippen LogP contribution in [0.2, 0.25) is 5.02 Å². The maximum atomic E-state index is 13.0. The maximum absolute atomic E-state index is 13.0. The minimum absolute atomic E-state index is 0.288. The summed E-state index contributed by atoms with van der Waals surface area (Å²) in [5.41, 5.74) is 2.83. The number of benzene rings is 1. The fourth-order valence-corrected chi connectivity index (χ4v) is 3.33. The molecule has 0 fully saturated rings. The number of aromatic nitrogens is 4. The van der Waals surface area contributed by atoms with Crippen molar-refractivity contribution in [2.75, 3.05) is 7.11 Å². The first-order valence-corrected chi connectivity index (χ1v) is 8.34. The van der Waals surface area contributed by atoms with E-state index in [1.165, 1.54) is 4.68 Å². The molecule has 4 rings (SSSR count). The van der Waals surface area contributed by atoms with Crippen LogP contribution in [0.3, 0.4) is 0 Å². The lowest BCUT2D eigenvalue weighted by molar-refractivity contribution is 0.415. The molecular formula is C19H15ClN4O2. The van der Waals surface area contributed by atoms with E-state index < -0.39 is 0 Å². The molecule has 3 aromatic heterocycles. The van der Waals surface area contributed by atoms with Crippen molar-refractivity contribution in [2.45, 2.75) is 6.92 Å². The van der Waals surface area contributed by atoms with Crippen LogP contribution in [0, 0.1) is 6.92 Å². The zero-order valence-corrected chi connectivity index (χ0v) is 14.9. The van der Waals surface area contributed by atoms with E-state index in [4.69, 9.17) is 16.3 Å². The molecular weight excluding hydrogens is 352 g/mol. The largest absolute Gasteiger partial charge is 0.495 e. The van der Waals surface area contributed by atoms with Gasteiger partial charge in [0.25, 0.3) is 0 Å². The molecule has 0 saturated carbocycles. The third kappa shape index (κ3) is 2.46. The Kier molecular flexibility index (Phi) is 3.97. The molecule has 0 unspecified atom stereocenters. The Morgan fingerprint density at radius 2 is 1.96 bits per heavy atom. The fourth-order valence-electron chi connectivity index (χ4n) is 3.03. The Bertz CT molecular complexity index is 1170. The number of aryl methyl sites for hydroxylation is 1. The number of rotatable bonds is 3. The number of nitrogens with zero attached hydrogens (tertiary/aromatic N) is 4. The summed E-state index contributed by atoms with van der Waals surface area (Å²) >= 11 is 6.47. The number of hydrogen-bond acceptors (Lipinski definition) is 4. The van der Waals surface area contributed by atoms with Gasteiger partial charge in [0.15, 0.2) is 5.82 Å². The van der Waals surface area contributed by atoms with Crippen molar-refractivity contribution >= 4 is 17.1 Å². The second-order valence-electron chi connectivity index (χ2n) is 5.75. The van der Waals surface area contributed by atoms with Gasteiger partial charge in [-0.2, -0.15) is 9.78 Å². The molecule has 0 saturated heterocycles. The molecule has 4 aromatic rings. The van der Waals surface area contributed by atoms with E-state index in [1.54, 1.807) is 42.1 Å². The summed E-state index contributed by atoms with van der Waals surface area (Å²) in [4.78, 5) is 17.2. The minimum atomic E-state index is -0.288. The fraction of sp³-hybridized carbons (Fsp3) is 0.105. The second kappa shape index (κ2) is 6.31. The predicted octanol–water partition coefficient (Wildman–Crippen LogP) is 3.52. The lowest BCUT2D eigenvalue weighted by atomic mass is 10.1. The van der Waals surface area contributed by atoms with Gasteiger partial charge >= 0.3 is 5.69 Å². The molecule has 130 valence electrons. The highest BCUT2D eigenvalue weighted by Gasteiger charge is 2.17. The van der Waals surface area contributed by atoms with Crippen LogP contribution in [0.5, 0.6) is 5.75 Å². The topological polar surface area (TPSA) is 61.4 Å². The highest BCUT2D eigenvalue weighted by atomic mass is 35.5. The van der Waals surface area contributed by atoms with E-state index in [2.05, 4.69) is 10.1 Å². The number of halogens is 1. The third-order valence-electron chi connectivity index (χ3n) is 4.29. The van der Waals surface area contributed by atoms with Gasteiger partial charge in [-0.05, 0) is 31.2 Å². The number of fused-ring (bicyclic) bond motifs is 1. The Balaban J connectivity index is 1.97.